The number of ether oxygens (including phenoxy) is 3. The van der Waals surface area contributed by atoms with Crippen molar-refractivity contribution in [3.05, 3.63) is 60.2 Å². The lowest BCUT2D eigenvalue weighted by Gasteiger charge is -2.31. The van der Waals surface area contributed by atoms with Crippen molar-refractivity contribution in [2.24, 2.45) is 0 Å². The molecule has 0 bridgehead atoms. The van der Waals surface area contributed by atoms with Crippen molar-refractivity contribution < 1.29 is 19.0 Å². The molecule has 1 fully saturated rings. The van der Waals surface area contributed by atoms with Crippen LogP contribution in [0.2, 0.25) is 0 Å². The van der Waals surface area contributed by atoms with Crippen LogP contribution in [-0.2, 0) is 16.1 Å². The van der Waals surface area contributed by atoms with Gasteiger partial charge in [-0.05, 0) is 42.7 Å². The van der Waals surface area contributed by atoms with Gasteiger partial charge in [-0.25, -0.2) is 0 Å². The Morgan fingerprint density at radius 1 is 0.962 bits per heavy atom. The second-order valence-corrected chi connectivity index (χ2v) is 6.35. The summed E-state index contributed by atoms with van der Waals surface area (Å²) in [4.78, 5) is 14.1. The summed E-state index contributed by atoms with van der Waals surface area (Å²) < 4.78 is 16.7. The maximum atomic E-state index is 12.2. The van der Waals surface area contributed by atoms with E-state index >= 15 is 0 Å². The summed E-state index contributed by atoms with van der Waals surface area (Å²) in [5.74, 6) is 1.45. The first-order valence-corrected chi connectivity index (χ1v) is 8.95. The molecule has 0 saturated carbocycles. The first kappa shape index (κ1) is 18.3. The van der Waals surface area contributed by atoms with E-state index in [4.69, 9.17) is 14.2 Å². The van der Waals surface area contributed by atoms with Gasteiger partial charge in [-0.15, -0.1) is 0 Å². The van der Waals surface area contributed by atoms with E-state index in [9.17, 15) is 4.79 Å². The molecule has 0 N–H and O–H groups in total. The molecule has 2 aromatic rings. The Bertz CT molecular complexity index is 679. The molecule has 0 spiro atoms. The number of likely N-dealkylation sites (tertiary alicyclic amines) is 1. The van der Waals surface area contributed by atoms with E-state index in [0.29, 0.717) is 12.4 Å². The molecule has 2 aromatic carbocycles. The lowest BCUT2D eigenvalue weighted by molar-refractivity contribution is -0.135. The van der Waals surface area contributed by atoms with E-state index in [1.165, 1.54) is 0 Å². The first-order valence-electron chi connectivity index (χ1n) is 8.95. The molecule has 0 aromatic heterocycles. The van der Waals surface area contributed by atoms with Gasteiger partial charge in [-0.3, -0.25) is 4.79 Å². The molecule has 0 atom stereocenters. The van der Waals surface area contributed by atoms with Crippen molar-refractivity contribution in [3.8, 4) is 11.5 Å². The Kier molecular flexibility index (Phi) is 6.50. The van der Waals surface area contributed by atoms with E-state index in [0.717, 1.165) is 37.2 Å². The third kappa shape index (κ3) is 5.23. The van der Waals surface area contributed by atoms with Crippen LogP contribution in [0.3, 0.4) is 0 Å². The number of rotatable bonds is 7. The largest absolute Gasteiger partial charge is 0.489 e. The fourth-order valence-corrected chi connectivity index (χ4v) is 2.95. The van der Waals surface area contributed by atoms with Gasteiger partial charge in [0, 0.05) is 20.2 Å². The van der Waals surface area contributed by atoms with Crippen molar-refractivity contribution >= 4 is 5.91 Å². The molecule has 0 unspecified atom stereocenters. The summed E-state index contributed by atoms with van der Waals surface area (Å²) in [6.07, 6.45) is 2.04. The van der Waals surface area contributed by atoms with Crippen molar-refractivity contribution in [2.75, 3.05) is 26.8 Å². The summed E-state index contributed by atoms with van der Waals surface area (Å²) in [6.45, 7) is 2.04. The van der Waals surface area contributed by atoms with Crippen molar-refractivity contribution in [1.29, 1.82) is 0 Å². The third-order valence-electron chi connectivity index (χ3n) is 4.56. The molecular weight excluding hydrogens is 330 g/mol. The van der Waals surface area contributed by atoms with Crippen LogP contribution < -0.4 is 9.47 Å². The number of hydrogen-bond acceptors (Lipinski definition) is 4. The van der Waals surface area contributed by atoms with Gasteiger partial charge < -0.3 is 19.1 Å². The van der Waals surface area contributed by atoms with Crippen molar-refractivity contribution in [3.63, 3.8) is 0 Å². The zero-order chi connectivity index (χ0) is 18.2. The van der Waals surface area contributed by atoms with Crippen molar-refractivity contribution in [2.45, 2.75) is 25.6 Å². The van der Waals surface area contributed by atoms with Gasteiger partial charge in [0.15, 0.2) is 6.61 Å². The predicted molar refractivity (Wildman–Crippen MR) is 99.3 cm³/mol. The van der Waals surface area contributed by atoms with Gasteiger partial charge >= 0.3 is 0 Å². The highest BCUT2D eigenvalue weighted by Gasteiger charge is 2.22. The number of piperidine rings is 1. The van der Waals surface area contributed by atoms with E-state index in [1.54, 1.807) is 7.11 Å². The second-order valence-electron chi connectivity index (χ2n) is 6.35. The van der Waals surface area contributed by atoms with E-state index in [-0.39, 0.29) is 18.6 Å². The van der Waals surface area contributed by atoms with Gasteiger partial charge in [0.1, 0.15) is 18.1 Å². The van der Waals surface area contributed by atoms with Crippen LogP contribution >= 0.6 is 0 Å². The van der Waals surface area contributed by atoms with Gasteiger partial charge in [0.2, 0.25) is 0 Å². The van der Waals surface area contributed by atoms with E-state index in [1.807, 2.05) is 59.5 Å². The summed E-state index contributed by atoms with van der Waals surface area (Å²) >= 11 is 0. The molecule has 3 rings (SSSR count). The quantitative estimate of drug-likeness (QED) is 0.765. The summed E-state index contributed by atoms with van der Waals surface area (Å²) in [6, 6.07) is 17.4. The molecule has 5 heteroatoms. The smallest absolute Gasteiger partial charge is 0.260 e. The third-order valence-corrected chi connectivity index (χ3v) is 4.56. The molecule has 0 radical (unpaired) electrons. The number of methoxy groups -OCH3 is 1. The minimum absolute atomic E-state index is 0.0176. The fraction of sp³-hybridized carbons (Fsp3) is 0.381. The monoisotopic (exact) mass is 355 g/mol. The molecular formula is C21H25NO4. The number of carbonyl (C=O) groups excluding carboxylic acids is 1. The van der Waals surface area contributed by atoms with E-state index in [2.05, 4.69) is 0 Å². The zero-order valence-corrected chi connectivity index (χ0v) is 15.1. The number of amides is 1. The Hall–Kier alpha value is -2.53. The Balaban J connectivity index is 1.42. The zero-order valence-electron chi connectivity index (χ0n) is 15.1. The summed E-state index contributed by atoms with van der Waals surface area (Å²) in [5.41, 5.74) is 1.12. The average Bonchev–Trinajstić information content (AvgIpc) is 2.72. The SMILES string of the molecule is COC1CCN(C(=O)COc2ccc(OCc3ccccc3)cc2)CC1. The minimum atomic E-state index is 0.0176. The highest BCUT2D eigenvalue weighted by Crippen LogP contribution is 2.19. The molecule has 26 heavy (non-hydrogen) atoms. The maximum absolute atomic E-state index is 12.2. The molecule has 1 aliphatic rings. The van der Waals surface area contributed by atoms with Crippen LogP contribution in [0.1, 0.15) is 18.4 Å². The van der Waals surface area contributed by atoms with Gasteiger partial charge in [-0.2, -0.15) is 0 Å². The molecule has 1 amide bonds. The van der Waals surface area contributed by atoms with Crippen molar-refractivity contribution in [1.82, 2.24) is 4.90 Å². The highest BCUT2D eigenvalue weighted by atomic mass is 16.5. The molecule has 1 saturated heterocycles. The first-order chi connectivity index (χ1) is 12.7. The molecule has 1 aliphatic heterocycles. The summed E-state index contributed by atoms with van der Waals surface area (Å²) in [7, 11) is 1.72. The van der Waals surface area contributed by atoms with Gasteiger partial charge in [0.25, 0.3) is 5.91 Å². The van der Waals surface area contributed by atoms with Crippen LogP contribution in [0, 0.1) is 0 Å². The van der Waals surface area contributed by atoms with Gasteiger partial charge in [-0.1, -0.05) is 30.3 Å². The van der Waals surface area contributed by atoms with Crippen LogP contribution in [0.5, 0.6) is 11.5 Å². The lowest BCUT2D eigenvalue weighted by Crippen LogP contribution is -2.42. The number of nitrogens with zero attached hydrogens (tertiary/aromatic N) is 1. The number of carbonyl (C=O) groups is 1. The van der Waals surface area contributed by atoms with Crippen LogP contribution in [0.25, 0.3) is 0 Å². The fourth-order valence-electron chi connectivity index (χ4n) is 2.95. The Morgan fingerprint density at radius 3 is 2.19 bits per heavy atom. The second kappa shape index (κ2) is 9.25. The Morgan fingerprint density at radius 2 is 1.58 bits per heavy atom. The summed E-state index contributed by atoms with van der Waals surface area (Å²) in [5, 5.41) is 0. The number of benzene rings is 2. The highest BCUT2D eigenvalue weighted by molar-refractivity contribution is 5.77. The van der Waals surface area contributed by atoms with Gasteiger partial charge in [0.05, 0.1) is 6.10 Å². The predicted octanol–water partition coefficient (Wildman–Crippen LogP) is 3.28. The topological polar surface area (TPSA) is 48.0 Å². The number of hydrogen-bond donors (Lipinski definition) is 0. The van der Waals surface area contributed by atoms with Crippen LogP contribution in [0.4, 0.5) is 0 Å². The minimum Gasteiger partial charge on any atom is -0.489 e. The standard InChI is InChI=1S/C21H25NO4/c1-24-18-11-13-22(14-12-18)21(23)16-26-20-9-7-19(8-10-20)25-15-17-5-3-2-4-6-17/h2-10,18H,11-16H2,1H3. The van der Waals surface area contributed by atoms with E-state index < -0.39 is 0 Å². The molecule has 138 valence electrons. The Labute approximate surface area is 154 Å². The molecule has 5 nitrogen and oxygen atoms in total. The van der Waals surface area contributed by atoms with Crippen LogP contribution in [-0.4, -0.2) is 43.7 Å². The maximum Gasteiger partial charge on any atom is 0.260 e. The van der Waals surface area contributed by atoms with Crippen LogP contribution in [0.15, 0.2) is 54.6 Å². The molecule has 0 aliphatic carbocycles. The lowest BCUT2D eigenvalue weighted by atomic mass is 10.1. The normalized spacial score (nSPS) is 14.9. The average molecular weight is 355 g/mol. The molecule has 1 heterocycles.